The summed E-state index contributed by atoms with van der Waals surface area (Å²) in [6.07, 6.45) is 0. The third-order valence-corrected chi connectivity index (χ3v) is 5.44. The van der Waals surface area contributed by atoms with Crippen molar-refractivity contribution < 1.29 is 26.7 Å². The van der Waals surface area contributed by atoms with Crippen LogP contribution in [0.5, 0.6) is 11.5 Å². The van der Waals surface area contributed by atoms with Gasteiger partial charge in [-0.3, -0.25) is 0 Å². The first-order chi connectivity index (χ1) is 12.7. The molecule has 0 saturated carbocycles. The number of nitrogens with zero attached hydrogens (tertiary/aromatic N) is 2. The predicted molar refractivity (Wildman–Crippen MR) is 95.8 cm³/mol. The van der Waals surface area contributed by atoms with Crippen molar-refractivity contribution in [2.45, 2.75) is 45.7 Å². The smallest absolute Gasteiger partial charge is 0.333 e. The molecule has 0 bridgehead atoms. The van der Waals surface area contributed by atoms with E-state index in [9.17, 15) is 17.2 Å². The molecule has 0 atom stereocenters. The highest BCUT2D eigenvalue weighted by Gasteiger charge is 2.27. The van der Waals surface area contributed by atoms with Gasteiger partial charge in [-0.25, -0.2) is 17.8 Å². The highest BCUT2D eigenvalue weighted by atomic mass is 32.2. The molecule has 27 heavy (non-hydrogen) atoms. The van der Waals surface area contributed by atoms with Crippen LogP contribution >= 0.6 is 0 Å². The van der Waals surface area contributed by atoms with Crippen LogP contribution in [0, 0.1) is 13.8 Å². The number of benzene rings is 1. The van der Waals surface area contributed by atoms with Gasteiger partial charge in [-0.1, -0.05) is 6.07 Å². The van der Waals surface area contributed by atoms with E-state index in [4.69, 9.17) is 9.47 Å². The molecule has 2 aromatic rings. The van der Waals surface area contributed by atoms with Crippen LogP contribution in [0.3, 0.4) is 0 Å². The number of rotatable bonds is 9. The number of ether oxygens (including phenoxy) is 2. The van der Waals surface area contributed by atoms with Gasteiger partial charge in [0, 0.05) is 6.54 Å². The average molecular weight is 403 g/mol. The quantitative estimate of drug-likeness (QED) is 0.695. The topological polar surface area (TPSA) is 82.5 Å². The third-order valence-electron chi connectivity index (χ3n) is 3.79. The molecule has 0 unspecified atom stereocenters. The number of hydrogen-bond acceptors (Lipinski definition) is 5. The Hall–Kier alpha value is -2.20. The molecule has 1 N–H and O–H groups in total. The van der Waals surface area contributed by atoms with Gasteiger partial charge in [-0.2, -0.15) is 13.9 Å². The van der Waals surface area contributed by atoms with Crippen LogP contribution in [0.1, 0.15) is 37.3 Å². The SMILES string of the molecule is CCOc1ccc(CNS(=O)(=O)c2c(C)nn(C(F)F)c2C)cc1OCC. The number of halogens is 2. The van der Waals surface area contributed by atoms with Gasteiger partial charge in [0.2, 0.25) is 10.0 Å². The van der Waals surface area contributed by atoms with Crippen molar-refractivity contribution in [1.82, 2.24) is 14.5 Å². The standard InChI is InChI=1S/C17H23F2N3O4S/c1-5-25-14-8-7-13(9-15(14)26-6-2)10-20-27(23,24)16-11(3)21-22(12(16)4)17(18)19/h7-9,17,20H,5-6,10H2,1-4H3. The van der Waals surface area contributed by atoms with Crippen molar-refractivity contribution in [3.8, 4) is 11.5 Å². The zero-order valence-corrected chi connectivity index (χ0v) is 16.4. The fraction of sp³-hybridized carbons (Fsp3) is 0.471. The van der Waals surface area contributed by atoms with E-state index in [2.05, 4.69) is 9.82 Å². The Labute approximate surface area is 157 Å². The van der Waals surface area contributed by atoms with E-state index in [1.807, 2.05) is 13.8 Å². The zero-order valence-electron chi connectivity index (χ0n) is 15.6. The van der Waals surface area contributed by atoms with E-state index in [0.29, 0.717) is 35.0 Å². The van der Waals surface area contributed by atoms with E-state index >= 15 is 0 Å². The molecular formula is C17H23F2N3O4S. The first-order valence-corrected chi connectivity index (χ1v) is 9.91. The first kappa shape index (κ1) is 21.1. The van der Waals surface area contributed by atoms with Gasteiger partial charge >= 0.3 is 6.55 Å². The molecule has 1 aromatic carbocycles. The highest BCUT2D eigenvalue weighted by Crippen LogP contribution is 2.29. The molecular weight excluding hydrogens is 380 g/mol. The van der Waals surface area contributed by atoms with Gasteiger partial charge in [0.25, 0.3) is 0 Å². The number of aromatic nitrogens is 2. The molecule has 0 aliphatic carbocycles. The summed E-state index contributed by atoms with van der Waals surface area (Å²) in [5.41, 5.74) is 0.542. The largest absolute Gasteiger partial charge is 0.490 e. The summed E-state index contributed by atoms with van der Waals surface area (Å²) in [7, 11) is -4.02. The van der Waals surface area contributed by atoms with Crippen LogP contribution < -0.4 is 14.2 Å². The number of nitrogens with one attached hydrogen (secondary N) is 1. The predicted octanol–water partition coefficient (Wildman–Crippen LogP) is 3.17. The molecule has 7 nitrogen and oxygen atoms in total. The van der Waals surface area contributed by atoms with Crippen molar-refractivity contribution in [2.24, 2.45) is 0 Å². The summed E-state index contributed by atoms with van der Waals surface area (Å²) >= 11 is 0. The minimum absolute atomic E-state index is 0.0157. The Balaban J connectivity index is 2.24. The lowest BCUT2D eigenvalue weighted by atomic mass is 10.2. The summed E-state index contributed by atoms with van der Waals surface area (Å²) in [5, 5.41) is 3.61. The molecule has 0 aliphatic heterocycles. The third kappa shape index (κ3) is 4.75. The van der Waals surface area contributed by atoms with Crippen LogP contribution in [0.25, 0.3) is 0 Å². The van der Waals surface area contributed by atoms with Gasteiger partial charge in [0.15, 0.2) is 11.5 Å². The molecule has 0 fully saturated rings. The Morgan fingerprint density at radius 2 is 1.78 bits per heavy atom. The molecule has 0 amide bonds. The number of alkyl halides is 2. The Morgan fingerprint density at radius 1 is 1.15 bits per heavy atom. The lowest BCUT2D eigenvalue weighted by Gasteiger charge is -2.13. The van der Waals surface area contributed by atoms with Crippen LogP contribution in [-0.4, -0.2) is 31.4 Å². The van der Waals surface area contributed by atoms with E-state index in [-0.39, 0.29) is 22.8 Å². The summed E-state index contributed by atoms with van der Waals surface area (Å²) in [4.78, 5) is -0.237. The van der Waals surface area contributed by atoms with E-state index in [0.717, 1.165) is 0 Å². The molecule has 2 rings (SSSR count). The Kier molecular flexibility index (Phi) is 6.77. The number of aryl methyl sites for hydroxylation is 1. The molecule has 0 radical (unpaired) electrons. The minimum Gasteiger partial charge on any atom is -0.490 e. The maximum absolute atomic E-state index is 12.9. The van der Waals surface area contributed by atoms with Crippen molar-refractivity contribution in [1.29, 1.82) is 0 Å². The molecule has 0 spiro atoms. The molecule has 0 saturated heterocycles. The monoisotopic (exact) mass is 403 g/mol. The lowest BCUT2D eigenvalue weighted by molar-refractivity contribution is 0.0538. The molecule has 10 heteroatoms. The van der Waals surface area contributed by atoms with E-state index in [1.165, 1.54) is 13.8 Å². The average Bonchev–Trinajstić information content (AvgIpc) is 2.91. The zero-order chi connectivity index (χ0) is 20.2. The lowest BCUT2D eigenvalue weighted by Crippen LogP contribution is -2.24. The maximum Gasteiger partial charge on any atom is 0.333 e. The Morgan fingerprint density at radius 3 is 2.33 bits per heavy atom. The van der Waals surface area contributed by atoms with Crippen molar-refractivity contribution in [3.05, 3.63) is 35.2 Å². The van der Waals surface area contributed by atoms with Crippen LogP contribution in [0.4, 0.5) is 8.78 Å². The van der Waals surface area contributed by atoms with Gasteiger partial charge in [0.05, 0.1) is 24.6 Å². The second-order valence-corrected chi connectivity index (χ2v) is 7.40. The first-order valence-electron chi connectivity index (χ1n) is 8.43. The number of hydrogen-bond donors (Lipinski definition) is 1. The van der Waals surface area contributed by atoms with Crippen LogP contribution in [0.15, 0.2) is 23.1 Å². The second kappa shape index (κ2) is 8.66. The summed E-state index contributed by atoms with van der Waals surface area (Å²) in [6.45, 7) is 4.31. The fourth-order valence-electron chi connectivity index (χ4n) is 2.68. The van der Waals surface area contributed by atoms with Crippen LogP contribution in [0.2, 0.25) is 0 Å². The second-order valence-electron chi connectivity index (χ2n) is 5.69. The van der Waals surface area contributed by atoms with Crippen molar-refractivity contribution in [3.63, 3.8) is 0 Å². The maximum atomic E-state index is 12.9. The summed E-state index contributed by atoms with van der Waals surface area (Å²) in [6, 6.07) is 5.08. The van der Waals surface area contributed by atoms with Gasteiger partial charge < -0.3 is 9.47 Å². The molecule has 150 valence electrons. The number of sulfonamides is 1. The van der Waals surface area contributed by atoms with Gasteiger partial charge in [-0.15, -0.1) is 0 Å². The molecule has 1 heterocycles. The molecule has 0 aliphatic rings. The highest BCUT2D eigenvalue weighted by molar-refractivity contribution is 7.89. The minimum atomic E-state index is -4.02. The molecule has 1 aromatic heterocycles. The normalized spacial score (nSPS) is 11.8. The van der Waals surface area contributed by atoms with Crippen molar-refractivity contribution >= 4 is 10.0 Å². The van der Waals surface area contributed by atoms with Gasteiger partial charge in [-0.05, 0) is 45.4 Å². The summed E-state index contributed by atoms with van der Waals surface area (Å²) < 4.78 is 64.9. The fourth-order valence-corrected chi connectivity index (χ4v) is 4.10. The van der Waals surface area contributed by atoms with Crippen LogP contribution in [-0.2, 0) is 16.6 Å². The van der Waals surface area contributed by atoms with Gasteiger partial charge in [0.1, 0.15) is 4.90 Å². The Bertz CT molecular complexity index is 898. The van der Waals surface area contributed by atoms with E-state index < -0.39 is 16.6 Å². The summed E-state index contributed by atoms with van der Waals surface area (Å²) in [5.74, 6) is 1.07. The van der Waals surface area contributed by atoms with E-state index in [1.54, 1.807) is 18.2 Å². The van der Waals surface area contributed by atoms with Crippen molar-refractivity contribution in [2.75, 3.05) is 13.2 Å².